The summed E-state index contributed by atoms with van der Waals surface area (Å²) in [6.07, 6.45) is 0.831. The van der Waals surface area contributed by atoms with Gasteiger partial charge in [0.05, 0.1) is 36.6 Å². The monoisotopic (exact) mass is 573 g/mol. The number of halogens is 2. The molecule has 2 heterocycles. The molecule has 0 amide bonds. The van der Waals surface area contributed by atoms with Gasteiger partial charge in [-0.1, -0.05) is 77.8 Å². The number of sulfonamides is 1. The van der Waals surface area contributed by atoms with Gasteiger partial charge in [-0.2, -0.15) is 0 Å². The van der Waals surface area contributed by atoms with Crippen LogP contribution in [0.3, 0.4) is 0 Å². The van der Waals surface area contributed by atoms with Crippen LogP contribution in [0.25, 0.3) is 0 Å². The molecular formula is C27H25Cl2N3O5S. The van der Waals surface area contributed by atoms with Crippen LogP contribution in [0.2, 0.25) is 10.3 Å². The molecule has 1 saturated heterocycles. The van der Waals surface area contributed by atoms with E-state index in [1.807, 2.05) is 24.3 Å². The van der Waals surface area contributed by atoms with Crippen molar-refractivity contribution in [1.82, 2.24) is 9.55 Å². The number of aliphatic hydroxyl groups excluding tert-OH is 1. The highest BCUT2D eigenvalue weighted by molar-refractivity contribution is 7.92. The largest absolute Gasteiger partial charge is 0.392 e. The quantitative estimate of drug-likeness (QED) is 0.279. The van der Waals surface area contributed by atoms with E-state index < -0.39 is 16.3 Å². The number of aliphatic hydroxyl groups is 1. The Hall–Kier alpha value is -2.92. The van der Waals surface area contributed by atoms with Gasteiger partial charge in [0.25, 0.3) is 10.0 Å². The maximum atomic E-state index is 12.7. The Morgan fingerprint density at radius 2 is 1.63 bits per heavy atom. The molecule has 1 fully saturated rings. The Bertz CT molecular complexity index is 1480. The molecule has 5 rings (SSSR count). The summed E-state index contributed by atoms with van der Waals surface area (Å²) in [5.74, 6) is 0. The van der Waals surface area contributed by atoms with Gasteiger partial charge < -0.3 is 19.1 Å². The second-order valence-corrected chi connectivity index (χ2v) is 11.3. The van der Waals surface area contributed by atoms with Gasteiger partial charge in [-0.15, -0.1) is 0 Å². The van der Waals surface area contributed by atoms with Gasteiger partial charge in [0.1, 0.15) is 5.15 Å². The van der Waals surface area contributed by atoms with Crippen LogP contribution in [-0.4, -0.2) is 29.2 Å². The van der Waals surface area contributed by atoms with E-state index in [1.54, 1.807) is 53.4 Å². The second-order valence-electron chi connectivity index (χ2n) is 8.87. The SMILES string of the molecule is O=S(=O)(Nc1ccc([C@H]2O[C@@H](Cn3cnc(Cl)c3Cl)C[C@@H](c3ccc(CO)cc3)O2)cc1)c1ccccc1. The lowest BCUT2D eigenvalue weighted by Gasteiger charge is -2.36. The molecule has 2 N–H and O–H groups in total. The Morgan fingerprint density at radius 1 is 0.947 bits per heavy atom. The highest BCUT2D eigenvalue weighted by Crippen LogP contribution is 2.39. The van der Waals surface area contributed by atoms with E-state index in [9.17, 15) is 13.5 Å². The summed E-state index contributed by atoms with van der Waals surface area (Å²) in [5, 5.41) is 9.95. The van der Waals surface area contributed by atoms with Crippen LogP contribution in [0.15, 0.2) is 90.1 Å². The number of ether oxygens (including phenoxy) is 2. The maximum Gasteiger partial charge on any atom is 0.261 e. The molecule has 8 nitrogen and oxygen atoms in total. The summed E-state index contributed by atoms with van der Waals surface area (Å²) in [6.45, 7) is 0.374. The minimum Gasteiger partial charge on any atom is -0.392 e. The highest BCUT2D eigenvalue weighted by Gasteiger charge is 2.33. The van der Waals surface area contributed by atoms with Crippen LogP contribution in [0.4, 0.5) is 5.69 Å². The van der Waals surface area contributed by atoms with E-state index in [1.165, 1.54) is 12.1 Å². The van der Waals surface area contributed by atoms with Gasteiger partial charge in [-0.05, 0) is 35.4 Å². The van der Waals surface area contributed by atoms with E-state index in [-0.39, 0.29) is 28.9 Å². The normalized spacial score (nSPS) is 19.8. The molecule has 0 radical (unpaired) electrons. The zero-order valence-electron chi connectivity index (χ0n) is 20.1. The van der Waals surface area contributed by atoms with Crippen molar-refractivity contribution in [3.05, 3.63) is 112 Å². The van der Waals surface area contributed by atoms with Crippen molar-refractivity contribution in [1.29, 1.82) is 0 Å². The van der Waals surface area contributed by atoms with Gasteiger partial charge in [-0.3, -0.25) is 4.72 Å². The van der Waals surface area contributed by atoms with E-state index in [4.69, 9.17) is 32.7 Å². The number of nitrogens with one attached hydrogen (secondary N) is 1. The number of rotatable bonds is 8. The van der Waals surface area contributed by atoms with E-state index in [0.717, 1.165) is 16.7 Å². The predicted molar refractivity (Wildman–Crippen MR) is 144 cm³/mol. The molecule has 1 aliphatic rings. The smallest absolute Gasteiger partial charge is 0.261 e. The number of imidazole rings is 1. The molecular weight excluding hydrogens is 549 g/mol. The highest BCUT2D eigenvalue weighted by atomic mass is 35.5. The Kier molecular flexibility index (Phi) is 8.04. The van der Waals surface area contributed by atoms with Crippen molar-refractivity contribution >= 4 is 38.9 Å². The summed E-state index contributed by atoms with van der Waals surface area (Å²) < 4.78 is 42.3. The summed E-state index contributed by atoms with van der Waals surface area (Å²) in [5.41, 5.74) is 2.90. The number of hydrogen-bond acceptors (Lipinski definition) is 6. The third kappa shape index (κ3) is 6.04. The molecule has 38 heavy (non-hydrogen) atoms. The second kappa shape index (κ2) is 11.4. The molecule has 0 aliphatic carbocycles. The molecule has 3 aromatic carbocycles. The van der Waals surface area contributed by atoms with E-state index >= 15 is 0 Å². The average Bonchev–Trinajstić information content (AvgIpc) is 3.26. The van der Waals surface area contributed by atoms with Gasteiger partial charge in [0, 0.05) is 17.7 Å². The first kappa shape index (κ1) is 26.7. The first-order chi connectivity index (χ1) is 18.3. The van der Waals surface area contributed by atoms with Gasteiger partial charge >= 0.3 is 0 Å². The number of anilines is 1. The van der Waals surface area contributed by atoms with Crippen LogP contribution >= 0.6 is 23.2 Å². The van der Waals surface area contributed by atoms with Crippen molar-refractivity contribution in [2.45, 2.75) is 43.0 Å². The fraction of sp³-hybridized carbons (Fsp3) is 0.222. The van der Waals surface area contributed by atoms with Crippen molar-refractivity contribution in [2.75, 3.05) is 4.72 Å². The summed E-state index contributed by atoms with van der Waals surface area (Å²) in [4.78, 5) is 4.23. The van der Waals surface area contributed by atoms with Crippen molar-refractivity contribution in [3.63, 3.8) is 0 Å². The number of hydrogen-bond donors (Lipinski definition) is 2. The molecule has 3 atom stereocenters. The zero-order valence-corrected chi connectivity index (χ0v) is 22.4. The summed E-state index contributed by atoms with van der Waals surface area (Å²) in [6, 6.07) is 22.6. The molecule has 4 aromatic rings. The lowest BCUT2D eigenvalue weighted by Crippen LogP contribution is -2.32. The third-order valence-electron chi connectivity index (χ3n) is 6.24. The molecule has 0 spiro atoms. The maximum absolute atomic E-state index is 12.7. The third-order valence-corrected chi connectivity index (χ3v) is 8.40. The topological polar surface area (TPSA) is 103 Å². The van der Waals surface area contributed by atoms with Crippen molar-refractivity contribution in [3.8, 4) is 0 Å². The zero-order chi connectivity index (χ0) is 26.7. The first-order valence-electron chi connectivity index (χ1n) is 11.9. The predicted octanol–water partition coefficient (Wildman–Crippen LogP) is 5.73. The van der Waals surface area contributed by atoms with E-state index in [0.29, 0.717) is 23.8 Å². The van der Waals surface area contributed by atoms with Crippen molar-refractivity contribution < 1.29 is 23.0 Å². The van der Waals surface area contributed by atoms with E-state index in [2.05, 4.69) is 9.71 Å². The summed E-state index contributed by atoms with van der Waals surface area (Å²) >= 11 is 12.3. The van der Waals surface area contributed by atoms with Gasteiger partial charge in [0.2, 0.25) is 0 Å². The fourth-order valence-electron chi connectivity index (χ4n) is 4.24. The van der Waals surface area contributed by atoms with Gasteiger partial charge in [-0.25, -0.2) is 13.4 Å². The Balaban J connectivity index is 1.37. The molecule has 198 valence electrons. The standard InChI is InChI=1S/C27H25Cl2N3O5S/c28-25-26(29)32(17-30-25)15-22-14-24(19-8-6-18(16-33)7-9-19)37-27(36-22)20-10-12-21(13-11-20)31-38(34,35)23-4-2-1-3-5-23/h1-13,17,22,24,27,31,33H,14-16H2/t22-,24+,27+/m1/s1. The lowest BCUT2D eigenvalue weighted by atomic mass is 10.00. The van der Waals surface area contributed by atoms with Crippen LogP contribution in [0.1, 0.15) is 35.5 Å². The molecule has 0 bridgehead atoms. The molecule has 11 heteroatoms. The number of benzene rings is 3. The number of aromatic nitrogens is 2. The minimum atomic E-state index is -3.71. The first-order valence-corrected chi connectivity index (χ1v) is 14.1. The summed E-state index contributed by atoms with van der Waals surface area (Å²) in [7, 11) is -3.71. The molecule has 1 aromatic heterocycles. The Morgan fingerprint density at radius 3 is 2.26 bits per heavy atom. The lowest BCUT2D eigenvalue weighted by molar-refractivity contribution is -0.252. The molecule has 0 saturated carbocycles. The van der Waals surface area contributed by atoms with Gasteiger partial charge in [0.15, 0.2) is 11.4 Å². The van der Waals surface area contributed by atoms with Crippen molar-refractivity contribution in [2.24, 2.45) is 0 Å². The molecule has 1 aliphatic heterocycles. The van der Waals surface area contributed by atoms with Crippen LogP contribution in [-0.2, 0) is 32.6 Å². The number of nitrogens with zero attached hydrogens (tertiary/aromatic N) is 2. The average molecular weight is 574 g/mol. The molecule has 0 unspecified atom stereocenters. The fourth-order valence-corrected chi connectivity index (χ4v) is 5.64. The minimum absolute atomic E-state index is 0.0412. The van der Waals surface area contributed by atoms with Crippen LogP contribution in [0, 0.1) is 0 Å². The Labute approximate surface area is 230 Å². The van der Waals surface area contributed by atoms with Crippen LogP contribution < -0.4 is 4.72 Å². The van der Waals surface area contributed by atoms with Crippen LogP contribution in [0.5, 0.6) is 0 Å².